The Bertz CT molecular complexity index is 815. The molecule has 0 amide bonds. The van der Waals surface area contributed by atoms with Crippen molar-refractivity contribution >= 4 is 24.3 Å². The summed E-state index contributed by atoms with van der Waals surface area (Å²) in [6.45, 7) is 10.9. The van der Waals surface area contributed by atoms with Gasteiger partial charge in [0.2, 0.25) is 0 Å². The number of hydrogen-bond acceptors (Lipinski definition) is 5. The smallest absolute Gasteiger partial charge is 0.399 e. The molecule has 0 saturated carbocycles. The van der Waals surface area contributed by atoms with Gasteiger partial charge in [0.25, 0.3) is 0 Å². The quantitative estimate of drug-likeness (QED) is 0.621. The summed E-state index contributed by atoms with van der Waals surface area (Å²) in [6, 6.07) is 8.12. The monoisotopic (exact) mass is 375 g/mol. The molecule has 2 heterocycles. The van der Waals surface area contributed by atoms with Crippen molar-refractivity contribution < 1.29 is 9.31 Å². The van der Waals surface area contributed by atoms with E-state index in [-0.39, 0.29) is 16.9 Å². The highest BCUT2D eigenvalue weighted by molar-refractivity contribution is 7.98. The summed E-state index contributed by atoms with van der Waals surface area (Å²) in [5, 5.41) is 7.39. The molecule has 1 aliphatic heterocycles. The van der Waals surface area contributed by atoms with Crippen LogP contribution in [0.15, 0.2) is 34.2 Å². The van der Waals surface area contributed by atoms with Gasteiger partial charge in [0.05, 0.1) is 11.2 Å². The van der Waals surface area contributed by atoms with Crippen LogP contribution in [0.3, 0.4) is 0 Å². The predicted octanol–water partition coefficient (Wildman–Crippen LogP) is 2.57. The van der Waals surface area contributed by atoms with Gasteiger partial charge in [0, 0.05) is 12.3 Å². The minimum absolute atomic E-state index is 0.159. The van der Waals surface area contributed by atoms with E-state index in [0.29, 0.717) is 17.5 Å². The average molecular weight is 375 g/mol. The van der Waals surface area contributed by atoms with Crippen LogP contribution in [0.5, 0.6) is 0 Å². The molecule has 1 aliphatic rings. The van der Waals surface area contributed by atoms with E-state index in [1.807, 2.05) is 25.1 Å². The molecular formula is C18H26BN3O3S. The van der Waals surface area contributed by atoms with Crippen molar-refractivity contribution in [3.8, 4) is 0 Å². The van der Waals surface area contributed by atoms with Gasteiger partial charge in [-0.2, -0.15) is 0 Å². The van der Waals surface area contributed by atoms with Crippen molar-refractivity contribution in [2.75, 3.05) is 0 Å². The van der Waals surface area contributed by atoms with Gasteiger partial charge in [-0.1, -0.05) is 43.0 Å². The van der Waals surface area contributed by atoms with Crippen LogP contribution in [0.4, 0.5) is 0 Å². The Hall–Kier alpha value is -1.51. The molecule has 1 fully saturated rings. The largest absolute Gasteiger partial charge is 0.495 e. The van der Waals surface area contributed by atoms with Crippen molar-refractivity contribution in [1.82, 2.24) is 14.8 Å². The fraction of sp³-hybridized carbons (Fsp3) is 0.556. The Balaban J connectivity index is 1.80. The highest BCUT2D eigenvalue weighted by Crippen LogP contribution is 2.37. The van der Waals surface area contributed by atoms with Gasteiger partial charge >= 0.3 is 12.8 Å². The summed E-state index contributed by atoms with van der Waals surface area (Å²) >= 11 is 1.54. The topological polar surface area (TPSA) is 69.1 Å². The van der Waals surface area contributed by atoms with Gasteiger partial charge in [0.1, 0.15) is 0 Å². The zero-order chi connectivity index (χ0) is 18.9. The van der Waals surface area contributed by atoms with E-state index >= 15 is 0 Å². The second-order valence-corrected chi connectivity index (χ2v) is 8.48. The zero-order valence-corrected chi connectivity index (χ0v) is 16.9. The molecule has 3 rings (SSSR count). The Morgan fingerprint density at radius 3 is 2.50 bits per heavy atom. The van der Waals surface area contributed by atoms with Crippen molar-refractivity contribution in [2.45, 2.75) is 69.7 Å². The number of thioether (sulfide) groups is 1. The van der Waals surface area contributed by atoms with E-state index in [0.717, 1.165) is 17.4 Å². The molecule has 1 N–H and O–H groups in total. The maximum absolute atomic E-state index is 11.9. The first-order valence-electron chi connectivity index (χ1n) is 8.96. The molecule has 1 aromatic heterocycles. The number of hydrogen-bond donors (Lipinski definition) is 1. The standard InChI is InChI=1S/C18H26BN3O3S/c1-6-11-22-15(23)20-21-16(22)26-12-13-9-7-8-10-14(13)19-24-17(2,3)18(4,5)25-19/h7-10H,6,11-12H2,1-5H3,(H,20,23). The minimum Gasteiger partial charge on any atom is -0.399 e. The van der Waals surface area contributed by atoms with Crippen molar-refractivity contribution in [2.24, 2.45) is 0 Å². The molecule has 0 spiro atoms. The van der Waals surface area contributed by atoms with Crippen LogP contribution in [0, 0.1) is 0 Å². The number of H-pyrrole nitrogens is 1. The summed E-state index contributed by atoms with van der Waals surface area (Å²) in [5.74, 6) is 0.689. The minimum atomic E-state index is -0.395. The lowest BCUT2D eigenvalue weighted by Crippen LogP contribution is -2.41. The maximum Gasteiger partial charge on any atom is 0.495 e. The summed E-state index contributed by atoms with van der Waals surface area (Å²) in [6.07, 6.45) is 0.886. The van der Waals surface area contributed by atoms with E-state index in [9.17, 15) is 4.79 Å². The van der Waals surface area contributed by atoms with Crippen LogP contribution in [0.2, 0.25) is 0 Å². The molecule has 1 saturated heterocycles. The molecule has 6 nitrogen and oxygen atoms in total. The molecule has 0 aliphatic carbocycles. The molecule has 0 radical (unpaired) electrons. The van der Waals surface area contributed by atoms with Gasteiger partial charge in [-0.05, 0) is 45.1 Å². The molecule has 26 heavy (non-hydrogen) atoms. The number of nitrogens with one attached hydrogen (secondary N) is 1. The Kier molecular flexibility index (Phi) is 5.37. The van der Waals surface area contributed by atoms with E-state index in [1.165, 1.54) is 0 Å². The van der Waals surface area contributed by atoms with Crippen LogP contribution < -0.4 is 11.2 Å². The molecule has 2 aromatic rings. The van der Waals surface area contributed by atoms with Crippen molar-refractivity contribution in [3.63, 3.8) is 0 Å². The lowest BCUT2D eigenvalue weighted by Gasteiger charge is -2.32. The fourth-order valence-corrected chi connectivity index (χ4v) is 3.83. The summed E-state index contributed by atoms with van der Waals surface area (Å²) in [7, 11) is -0.395. The SMILES string of the molecule is CCCn1c(SCc2ccccc2B2OC(C)(C)C(C)(C)O2)n[nH]c1=O. The molecule has 0 atom stereocenters. The predicted molar refractivity (Wildman–Crippen MR) is 105 cm³/mol. The Morgan fingerprint density at radius 2 is 1.85 bits per heavy atom. The number of benzene rings is 1. The third kappa shape index (κ3) is 3.63. The number of aromatic nitrogens is 3. The molecule has 0 bridgehead atoms. The highest BCUT2D eigenvalue weighted by atomic mass is 32.2. The van der Waals surface area contributed by atoms with Gasteiger partial charge in [-0.3, -0.25) is 4.57 Å². The van der Waals surface area contributed by atoms with E-state index < -0.39 is 7.12 Å². The van der Waals surface area contributed by atoms with Gasteiger partial charge < -0.3 is 9.31 Å². The van der Waals surface area contributed by atoms with Crippen molar-refractivity contribution in [3.05, 3.63) is 40.3 Å². The maximum atomic E-state index is 11.9. The van der Waals surface area contributed by atoms with Crippen molar-refractivity contribution in [1.29, 1.82) is 0 Å². The third-order valence-electron chi connectivity index (χ3n) is 5.09. The van der Waals surface area contributed by atoms with Crippen LogP contribution in [-0.4, -0.2) is 33.1 Å². The normalized spacial score (nSPS) is 18.4. The molecule has 1 aromatic carbocycles. The Labute approximate surface area is 158 Å². The van der Waals surface area contributed by atoms with Crippen LogP contribution in [0.1, 0.15) is 46.6 Å². The highest BCUT2D eigenvalue weighted by Gasteiger charge is 2.52. The van der Waals surface area contributed by atoms with Crippen LogP contribution in [0.25, 0.3) is 0 Å². The second-order valence-electron chi connectivity index (χ2n) is 7.54. The van der Waals surface area contributed by atoms with Crippen LogP contribution in [-0.2, 0) is 21.6 Å². The molecule has 140 valence electrons. The van der Waals surface area contributed by atoms with Crippen LogP contribution >= 0.6 is 11.8 Å². The first-order valence-corrected chi connectivity index (χ1v) is 9.95. The second kappa shape index (κ2) is 7.25. The molecule has 8 heteroatoms. The summed E-state index contributed by atoms with van der Waals surface area (Å²) < 4.78 is 14.1. The van der Waals surface area contributed by atoms with E-state index in [4.69, 9.17) is 9.31 Å². The lowest BCUT2D eigenvalue weighted by molar-refractivity contribution is 0.00578. The first-order chi connectivity index (χ1) is 12.2. The third-order valence-corrected chi connectivity index (χ3v) is 6.11. The average Bonchev–Trinajstić information content (AvgIpc) is 3.03. The van der Waals surface area contributed by atoms with E-state index in [1.54, 1.807) is 16.3 Å². The van der Waals surface area contributed by atoms with Gasteiger partial charge in [-0.25, -0.2) is 9.89 Å². The van der Waals surface area contributed by atoms with Gasteiger partial charge in [-0.15, -0.1) is 5.10 Å². The number of nitrogens with zero attached hydrogens (tertiary/aromatic N) is 2. The molecule has 0 unspecified atom stereocenters. The fourth-order valence-electron chi connectivity index (χ4n) is 2.84. The molecular weight excluding hydrogens is 349 g/mol. The number of rotatable bonds is 6. The zero-order valence-electron chi connectivity index (χ0n) is 16.0. The number of aromatic amines is 1. The summed E-state index contributed by atoms with van der Waals surface area (Å²) in [5.41, 5.74) is 1.24. The summed E-state index contributed by atoms with van der Waals surface area (Å²) in [4.78, 5) is 11.9. The van der Waals surface area contributed by atoms with Gasteiger partial charge in [0.15, 0.2) is 5.16 Å². The van der Waals surface area contributed by atoms with E-state index in [2.05, 4.69) is 44.0 Å². The first kappa shape index (κ1) is 19.3. The lowest BCUT2D eigenvalue weighted by atomic mass is 9.76. The Morgan fingerprint density at radius 1 is 1.19 bits per heavy atom.